The van der Waals surface area contributed by atoms with Crippen LogP contribution in [-0.4, -0.2) is 30.6 Å². The lowest BCUT2D eigenvalue weighted by atomic mass is 10.1. The average Bonchev–Trinajstić information content (AvgIpc) is 2.95. The number of carbonyl (C=O) groups excluding carboxylic acids is 1. The van der Waals surface area contributed by atoms with Gasteiger partial charge in [0.1, 0.15) is 12.7 Å². The second-order valence-electron chi connectivity index (χ2n) is 5.35. The highest BCUT2D eigenvalue weighted by atomic mass is 79.9. The molecule has 0 N–H and O–H groups in total. The molecule has 0 aliphatic carbocycles. The van der Waals surface area contributed by atoms with Gasteiger partial charge in [-0.1, -0.05) is 58.5 Å². The third-order valence-corrected chi connectivity index (χ3v) is 4.83. The van der Waals surface area contributed by atoms with E-state index in [0.717, 1.165) is 12.8 Å². The minimum absolute atomic E-state index is 0.169. The molecule has 0 bridgehead atoms. The summed E-state index contributed by atoms with van der Waals surface area (Å²) in [6.07, 6.45) is 1.88. The van der Waals surface area contributed by atoms with E-state index in [2.05, 4.69) is 15.9 Å². The SMILES string of the molecule is CCCCC(=O)OC[C@H]1CO[C@](CBr)(c2ccc(Cl)cc2Cl)O1. The zero-order chi connectivity index (χ0) is 16.9. The summed E-state index contributed by atoms with van der Waals surface area (Å²) in [5.41, 5.74) is 0.695. The monoisotopic (exact) mass is 424 g/mol. The van der Waals surface area contributed by atoms with Crippen molar-refractivity contribution in [2.24, 2.45) is 0 Å². The smallest absolute Gasteiger partial charge is 0.305 e. The van der Waals surface area contributed by atoms with Crippen LogP contribution in [0.25, 0.3) is 0 Å². The van der Waals surface area contributed by atoms with E-state index in [4.69, 9.17) is 37.4 Å². The van der Waals surface area contributed by atoms with Gasteiger partial charge in [-0.05, 0) is 18.6 Å². The summed E-state index contributed by atoms with van der Waals surface area (Å²) in [6.45, 7) is 2.52. The molecule has 0 spiro atoms. The molecule has 4 nitrogen and oxygen atoms in total. The van der Waals surface area contributed by atoms with Gasteiger partial charge in [0.15, 0.2) is 0 Å². The average molecular weight is 426 g/mol. The fourth-order valence-electron chi connectivity index (χ4n) is 2.31. The first-order valence-corrected chi connectivity index (χ1v) is 9.37. The summed E-state index contributed by atoms with van der Waals surface area (Å²) in [4.78, 5) is 11.6. The van der Waals surface area contributed by atoms with Crippen molar-refractivity contribution < 1.29 is 19.0 Å². The van der Waals surface area contributed by atoms with Crippen LogP contribution in [-0.2, 0) is 24.8 Å². The van der Waals surface area contributed by atoms with Gasteiger partial charge in [-0.3, -0.25) is 4.79 Å². The molecule has 128 valence electrons. The summed E-state index contributed by atoms with van der Waals surface area (Å²) in [5.74, 6) is -1.21. The zero-order valence-corrected chi connectivity index (χ0v) is 15.9. The minimum atomic E-state index is -0.998. The second-order valence-corrected chi connectivity index (χ2v) is 6.75. The van der Waals surface area contributed by atoms with Crippen LogP contribution < -0.4 is 0 Å². The highest BCUT2D eigenvalue weighted by Gasteiger charge is 2.44. The lowest BCUT2D eigenvalue weighted by molar-refractivity contribution is -0.168. The van der Waals surface area contributed by atoms with Crippen LogP contribution in [0.4, 0.5) is 0 Å². The Morgan fingerprint density at radius 3 is 2.91 bits per heavy atom. The van der Waals surface area contributed by atoms with E-state index in [1.807, 2.05) is 6.92 Å². The van der Waals surface area contributed by atoms with Gasteiger partial charge in [0.25, 0.3) is 0 Å². The number of alkyl halides is 1. The molecular weight excluding hydrogens is 407 g/mol. The summed E-state index contributed by atoms with van der Waals surface area (Å²) < 4.78 is 17.1. The van der Waals surface area contributed by atoms with Crippen molar-refractivity contribution in [3.63, 3.8) is 0 Å². The molecule has 7 heteroatoms. The molecule has 1 aromatic rings. The zero-order valence-electron chi connectivity index (χ0n) is 12.8. The third kappa shape index (κ3) is 4.83. The summed E-state index contributed by atoms with van der Waals surface area (Å²) >= 11 is 15.6. The maximum absolute atomic E-state index is 11.6. The van der Waals surface area contributed by atoms with Crippen molar-refractivity contribution >= 4 is 45.1 Å². The van der Waals surface area contributed by atoms with Crippen molar-refractivity contribution in [3.8, 4) is 0 Å². The number of hydrogen-bond acceptors (Lipinski definition) is 4. The molecule has 1 heterocycles. The predicted octanol–water partition coefficient (Wildman–Crippen LogP) is 4.69. The summed E-state index contributed by atoms with van der Waals surface area (Å²) in [7, 11) is 0. The first-order valence-electron chi connectivity index (χ1n) is 7.49. The van der Waals surface area contributed by atoms with Gasteiger partial charge in [-0.15, -0.1) is 0 Å². The fourth-order valence-corrected chi connectivity index (χ4v) is 3.46. The van der Waals surface area contributed by atoms with Crippen molar-refractivity contribution in [3.05, 3.63) is 33.8 Å². The van der Waals surface area contributed by atoms with Gasteiger partial charge in [0, 0.05) is 17.0 Å². The van der Waals surface area contributed by atoms with Crippen LogP contribution in [0.5, 0.6) is 0 Å². The highest BCUT2D eigenvalue weighted by Crippen LogP contribution is 2.40. The Hall–Kier alpha value is -0.330. The maximum atomic E-state index is 11.6. The van der Waals surface area contributed by atoms with Crippen LogP contribution in [0.1, 0.15) is 31.7 Å². The van der Waals surface area contributed by atoms with E-state index in [1.54, 1.807) is 18.2 Å². The summed E-state index contributed by atoms with van der Waals surface area (Å²) in [6, 6.07) is 5.16. The number of carbonyl (C=O) groups is 1. The van der Waals surface area contributed by atoms with Crippen molar-refractivity contribution in [1.29, 1.82) is 0 Å². The highest BCUT2D eigenvalue weighted by molar-refractivity contribution is 9.09. The van der Waals surface area contributed by atoms with Crippen molar-refractivity contribution in [2.45, 2.75) is 38.1 Å². The van der Waals surface area contributed by atoms with Gasteiger partial charge < -0.3 is 14.2 Å². The van der Waals surface area contributed by atoms with Gasteiger partial charge in [0.2, 0.25) is 5.79 Å². The van der Waals surface area contributed by atoms with E-state index in [0.29, 0.717) is 34.0 Å². The first kappa shape index (κ1) is 19.0. The normalized spacial score (nSPS) is 23.9. The quantitative estimate of drug-likeness (QED) is 0.469. The molecule has 2 atom stereocenters. The van der Waals surface area contributed by atoms with E-state index >= 15 is 0 Å². The molecule has 0 radical (unpaired) electrons. The summed E-state index contributed by atoms with van der Waals surface area (Å²) in [5, 5.41) is 1.42. The number of benzene rings is 1. The molecular formula is C16H19BrCl2O4. The molecule has 1 aromatic carbocycles. The van der Waals surface area contributed by atoms with E-state index in [1.165, 1.54) is 0 Å². The minimum Gasteiger partial charge on any atom is -0.463 e. The number of rotatable bonds is 7. The molecule has 1 aliphatic heterocycles. The van der Waals surface area contributed by atoms with E-state index in [-0.39, 0.29) is 18.7 Å². The Kier molecular flexibility index (Phi) is 7.17. The van der Waals surface area contributed by atoms with Crippen molar-refractivity contribution in [1.82, 2.24) is 0 Å². The van der Waals surface area contributed by atoms with Gasteiger partial charge in [-0.2, -0.15) is 0 Å². The van der Waals surface area contributed by atoms with Crippen molar-refractivity contribution in [2.75, 3.05) is 18.5 Å². The van der Waals surface area contributed by atoms with Crippen LogP contribution in [0.3, 0.4) is 0 Å². The van der Waals surface area contributed by atoms with Gasteiger partial charge in [0.05, 0.1) is 17.0 Å². The van der Waals surface area contributed by atoms with Crippen LogP contribution in [0.2, 0.25) is 10.0 Å². The molecule has 1 aliphatic rings. The molecule has 0 aromatic heterocycles. The Morgan fingerprint density at radius 1 is 1.48 bits per heavy atom. The lowest BCUT2D eigenvalue weighted by Crippen LogP contribution is -2.31. The Labute approximate surface area is 154 Å². The van der Waals surface area contributed by atoms with Crippen LogP contribution in [0.15, 0.2) is 18.2 Å². The lowest BCUT2D eigenvalue weighted by Gasteiger charge is -2.27. The molecule has 0 amide bonds. The number of halogens is 3. The number of hydrogen-bond donors (Lipinski definition) is 0. The van der Waals surface area contributed by atoms with E-state index in [9.17, 15) is 4.79 Å². The fraction of sp³-hybridized carbons (Fsp3) is 0.562. The number of esters is 1. The van der Waals surface area contributed by atoms with Crippen LogP contribution >= 0.6 is 39.1 Å². The standard InChI is InChI=1S/C16H19BrCl2O4/c1-2-3-4-15(20)21-8-12-9-22-16(10-17,23-12)13-6-5-11(18)7-14(13)19/h5-7,12H,2-4,8-10H2,1H3/t12-,16-/m0/s1. The topological polar surface area (TPSA) is 44.8 Å². The Morgan fingerprint density at radius 2 is 2.26 bits per heavy atom. The van der Waals surface area contributed by atoms with Gasteiger partial charge in [-0.25, -0.2) is 0 Å². The molecule has 0 unspecified atom stereocenters. The third-order valence-electron chi connectivity index (χ3n) is 3.54. The molecule has 23 heavy (non-hydrogen) atoms. The van der Waals surface area contributed by atoms with Gasteiger partial charge >= 0.3 is 5.97 Å². The maximum Gasteiger partial charge on any atom is 0.305 e. The number of ether oxygens (including phenoxy) is 3. The Balaban J connectivity index is 1.99. The first-order chi connectivity index (χ1) is 11.0. The molecule has 0 saturated carbocycles. The predicted molar refractivity (Wildman–Crippen MR) is 93.2 cm³/mol. The molecule has 1 saturated heterocycles. The number of unbranched alkanes of at least 4 members (excludes halogenated alkanes) is 1. The molecule has 1 fully saturated rings. The van der Waals surface area contributed by atoms with Crippen LogP contribution in [0, 0.1) is 0 Å². The second kappa shape index (κ2) is 8.67. The van der Waals surface area contributed by atoms with E-state index < -0.39 is 5.79 Å². The molecule has 2 rings (SSSR count). The largest absolute Gasteiger partial charge is 0.463 e. The Bertz CT molecular complexity index is 555.